The molecule has 20 heterocycles. The number of nitrogens with zero attached hydrogens (tertiary/aromatic N) is 28. The van der Waals surface area contributed by atoms with Crippen molar-refractivity contribution >= 4 is 165 Å². The number of sulfonamides is 3. The van der Waals surface area contributed by atoms with E-state index in [9.17, 15) is 30.4 Å². The predicted octanol–water partition coefficient (Wildman–Crippen LogP) is 8.02. The summed E-state index contributed by atoms with van der Waals surface area (Å²) in [7, 11) is 6.09. The lowest BCUT2D eigenvalue weighted by Crippen LogP contribution is -2.56. The molecule has 1 unspecified atom stereocenters. The molecule has 4 aliphatic heterocycles. The lowest BCUT2D eigenvalue weighted by atomic mass is 9.89. The van der Waals surface area contributed by atoms with Gasteiger partial charge in [-0.05, 0) is 112 Å². The molecular formula is C83H106N36O7S7. The summed E-state index contributed by atoms with van der Waals surface area (Å²) in [5.74, 6) is 6.14. The summed E-state index contributed by atoms with van der Waals surface area (Å²) < 4.78 is 99.2. The van der Waals surface area contributed by atoms with Crippen LogP contribution in [0.25, 0.3) is 67.1 Å². The van der Waals surface area contributed by atoms with Gasteiger partial charge in [0.2, 0.25) is 0 Å². The standard InChI is InChI=1S/C22H29N9O2S2.C21H27N9O2S2.C20H25N9O2S2.C20H25N9OS/c1-14-9-20(34-22(14)35(32,33)28(2)3)26-19-10-18(30-7-5-16(23)6-8-30)27-21-17(12-25-31(19)21)15-11-24-29(4)13-15;1-13-7-19(33-21(13)34(31,32)27(2)3)25-18-8-17(29-6-5-15(29)9-22)26-20-16(11-24-30(18)20)14-10-23-28(4)12-14;1-12-5-18(32-20(12)33(30,31)26(2)3)24-17-6-16(28-10-14(21)11-28)25-19-15(8-23-29(17)19)13-7-22-27(4)9-13;1-13-7-18(31-26-13)24-17-8-16(28-5-3-20(21,12-30)4-6-28)25-19-15(10-23-29(17)19)14-9-22-27(2)11-14/h9-13,16,26H,5-8,23H2,1-4H3;7-8,10-12,15,25H,5-6,9,22H2,1-4H3;5-9,14,24H,10-11,21H2,1-4H3;7-11,24,30H,3-6,12,21H2,1-2H3. The number of aliphatic hydroxyl groups excluding tert-OH is 1. The number of hydrogen-bond donors (Lipinski definition) is 9. The van der Waals surface area contributed by atoms with Crippen LogP contribution in [0.15, 0.2) is 136 Å². The van der Waals surface area contributed by atoms with Crippen LogP contribution in [-0.2, 0) is 58.3 Å². The molecule has 4 aliphatic rings. The fraction of sp³-hybridized carbons (Fsp3) is 0.386. The number of nitrogens with one attached hydrogen (secondary N) is 4. The Balaban J connectivity index is 0.000000124. The third-order valence-electron chi connectivity index (χ3n) is 23.5. The minimum atomic E-state index is -3.53. The predicted molar refractivity (Wildman–Crippen MR) is 520 cm³/mol. The molecule has 702 valence electrons. The van der Waals surface area contributed by atoms with Gasteiger partial charge in [-0.1, -0.05) is 0 Å². The first-order chi connectivity index (χ1) is 63.4. The molecule has 0 saturated carbocycles. The Kier molecular flexibility index (Phi) is 25.9. The Hall–Kier alpha value is -12.0. The van der Waals surface area contributed by atoms with Crippen molar-refractivity contribution in [3.8, 4) is 44.5 Å². The first-order valence-electron chi connectivity index (χ1n) is 42.6. The third kappa shape index (κ3) is 18.9. The molecule has 0 aromatic carbocycles. The van der Waals surface area contributed by atoms with Crippen LogP contribution in [0.3, 0.4) is 0 Å². The zero-order valence-corrected chi connectivity index (χ0v) is 81.5. The van der Waals surface area contributed by atoms with E-state index in [0.717, 1.165) is 155 Å². The summed E-state index contributed by atoms with van der Waals surface area (Å²) in [5, 5.41) is 61.7. The largest absolute Gasteiger partial charge is 0.394 e. The van der Waals surface area contributed by atoms with Gasteiger partial charge in [-0.25, -0.2) is 58.1 Å². The van der Waals surface area contributed by atoms with Crippen molar-refractivity contribution in [2.24, 2.45) is 51.1 Å². The van der Waals surface area contributed by atoms with E-state index in [1.807, 2.05) is 125 Å². The van der Waals surface area contributed by atoms with Crippen LogP contribution in [0.1, 0.15) is 54.5 Å². The lowest BCUT2D eigenvalue weighted by Gasteiger charge is -2.41. The van der Waals surface area contributed by atoms with Crippen LogP contribution in [0.4, 0.5) is 66.5 Å². The Morgan fingerprint density at radius 3 is 1.05 bits per heavy atom. The van der Waals surface area contributed by atoms with Gasteiger partial charge in [0.1, 0.15) is 64.2 Å². The highest BCUT2D eigenvalue weighted by Crippen LogP contribution is 2.42. The van der Waals surface area contributed by atoms with Crippen molar-refractivity contribution in [1.82, 2.24) is 115 Å². The van der Waals surface area contributed by atoms with Crippen molar-refractivity contribution in [2.45, 2.75) is 96.1 Å². The molecular weight excluding hydrogens is 1840 g/mol. The van der Waals surface area contributed by atoms with Crippen LogP contribution in [0.5, 0.6) is 0 Å². The molecule has 0 spiro atoms. The highest BCUT2D eigenvalue weighted by atomic mass is 32.3. The topological polar surface area (TPSA) is 502 Å². The SMILES string of the molecule is Cc1cc(Nc2cc(N3CC(N)C3)nc3c(-c4cnn(C)c4)cnn23)sc1S(=O)(=O)N(C)C.Cc1cc(Nc2cc(N3CCC(N)(CO)CC3)nc3c(-c4cnn(C)c4)cnn23)sn1.Cc1cc(Nc2cc(N3CCC(N)CC3)nc3c(-c4cnn(C)c4)cnn23)sc1S(=O)(=O)N(C)C.Cc1cc(Nc2cc(N3CCC3CN)nc3c(-c4cnn(C)c4)cnn23)sc1S(=O)(=O)N(C)C. The average Bonchev–Trinajstić information content (AvgIpc) is 1.48. The average molecular weight is 1940 g/mol. The molecule has 4 fully saturated rings. The van der Waals surface area contributed by atoms with E-state index in [1.165, 1.54) is 101 Å². The van der Waals surface area contributed by atoms with Crippen molar-refractivity contribution in [3.05, 3.63) is 145 Å². The van der Waals surface area contributed by atoms with Crippen molar-refractivity contribution in [3.63, 3.8) is 0 Å². The highest BCUT2D eigenvalue weighted by Gasteiger charge is 2.35. The Morgan fingerprint density at radius 1 is 0.429 bits per heavy atom. The molecule has 20 rings (SSSR count). The third-order valence-corrected chi connectivity index (χ3v) is 35.0. The monoisotopic (exact) mass is 1940 g/mol. The quantitative estimate of drug-likeness (QED) is 0.0276. The zero-order valence-electron chi connectivity index (χ0n) is 75.8. The number of aryl methyl sites for hydroxylation is 8. The van der Waals surface area contributed by atoms with Gasteiger partial charge < -0.3 is 68.9 Å². The molecule has 16 aromatic rings. The number of piperidine rings is 2. The normalized spacial score (nSPS) is 15.7. The summed E-state index contributed by atoms with van der Waals surface area (Å²) >= 11 is 4.99. The van der Waals surface area contributed by atoms with Gasteiger partial charge in [0.05, 0.1) is 76.9 Å². The maximum atomic E-state index is 12.7. The molecule has 133 heavy (non-hydrogen) atoms. The summed E-state index contributed by atoms with van der Waals surface area (Å²) in [5.41, 5.74) is 36.9. The number of aromatic nitrogens is 21. The molecule has 16 aromatic heterocycles. The van der Waals surface area contributed by atoms with Crippen LogP contribution < -0.4 is 63.8 Å². The first-order valence-corrected chi connectivity index (χ1v) is 50.2. The zero-order chi connectivity index (χ0) is 94.2. The Labute approximate surface area is 783 Å². The van der Waals surface area contributed by atoms with Crippen molar-refractivity contribution in [2.75, 3.05) is 142 Å². The number of nitrogens with two attached hydrogens (primary N) is 4. The van der Waals surface area contributed by atoms with E-state index in [1.54, 1.807) is 90.2 Å². The van der Waals surface area contributed by atoms with Gasteiger partial charge in [-0.15, -0.1) is 34.0 Å². The van der Waals surface area contributed by atoms with E-state index in [2.05, 4.69) is 86.0 Å². The first kappa shape index (κ1) is 92.8. The number of anilines is 12. The van der Waals surface area contributed by atoms with Gasteiger partial charge in [-0.2, -0.15) is 63.2 Å². The number of thiophene rings is 3. The number of rotatable bonds is 24. The molecule has 50 heteroatoms. The van der Waals surface area contributed by atoms with Crippen LogP contribution in [-0.4, -0.2) is 270 Å². The van der Waals surface area contributed by atoms with E-state index in [0.29, 0.717) is 98.1 Å². The maximum absolute atomic E-state index is 12.7. The van der Waals surface area contributed by atoms with E-state index in [-0.39, 0.29) is 24.7 Å². The minimum absolute atomic E-state index is 0.00137. The second-order valence-electron chi connectivity index (χ2n) is 34.1. The number of hydrogen-bond acceptors (Lipinski definition) is 36. The van der Waals surface area contributed by atoms with Crippen LogP contribution in [0, 0.1) is 27.7 Å². The van der Waals surface area contributed by atoms with Crippen LogP contribution in [0.2, 0.25) is 0 Å². The molecule has 0 radical (unpaired) electrons. The van der Waals surface area contributed by atoms with Gasteiger partial charge in [0.25, 0.3) is 30.1 Å². The maximum Gasteiger partial charge on any atom is 0.252 e. The lowest BCUT2D eigenvalue weighted by molar-refractivity contribution is 0.170. The molecule has 0 aliphatic carbocycles. The molecule has 13 N–H and O–H groups in total. The molecule has 0 amide bonds. The molecule has 1 atom stereocenters. The van der Waals surface area contributed by atoms with Crippen LogP contribution >= 0.6 is 45.5 Å². The van der Waals surface area contributed by atoms with Crippen molar-refractivity contribution < 1.29 is 30.4 Å². The van der Waals surface area contributed by atoms with Gasteiger partial charge in [-0.3, -0.25) is 18.7 Å². The summed E-state index contributed by atoms with van der Waals surface area (Å²) in [6.07, 6.45) is 26.3. The van der Waals surface area contributed by atoms with E-state index in [4.69, 9.17) is 42.9 Å². The second-order valence-corrected chi connectivity index (χ2v) is 45.1. The minimum Gasteiger partial charge on any atom is -0.394 e. The summed E-state index contributed by atoms with van der Waals surface area (Å²) in [6, 6.07) is 15.9. The number of fused-ring (bicyclic) bond motifs is 4. The highest BCUT2D eigenvalue weighted by molar-refractivity contribution is 7.92. The Bertz CT molecular complexity index is 7320. The Morgan fingerprint density at radius 2 is 0.759 bits per heavy atom. The molecule has 4 saturated heterocycles. The van der Waals surface area contributed by atoms with E-state index < -0.39 is 35.6 Å². The molecule has 0 bridgehead atoms. The smallest absolute Gasteiger partial charge is 0.252 e. The number of aliphatic hydroxyl groups is 1. The van der Waals surface area contributed by atoms with Crippen molar-refractivity contribution in [1.29, 1.82) is 0 Å². The van der Waals surface area contributed by atoms with Gasteiger partial charge >= 0.3 is 0 Å². The molecule has 43 nitrogen and oxygen atoms in total. The fourth-order valence-corrected chi connectivity index (χ4v) is 24.7. The van der Waals surface area contributed by atoms with E-state index >= 15 is 0 Å². The fourth-order valence-electron chi connectivity index (χ4n) is 15.8. The van der Waals surface area contributed by atoms with Gasteiger partial charge in [0.15, 0.2) is 22.6 Å². The summed E-state index contributed by atoms with van der Waals surface area (Å²) in [4.78, 5) is 28.4. The van der Waals surface area contributed by atoms with Gasteiger partial charge in [0, 0.05) is 240 Å². The second kappa shape index (κ2) is 37.1. The summed E-state index contributed by atoms with van der Waals surface area (Å²) in [6.45, 7) is 13.4.